The monoisotopic (exact) mass is 535 g/mol. The van der Waals surface area contributed by atoms with Crippen molar-refractivity contribution in [2.45, 2.75) is 58.2 Å². The summed E-state index contributed by atoms with van der Waals surface area (Å²) < 4.78 is 23.0. The second kappa shape index (κ2) is 10.7. The molecule has 0 aromatic heterocycles. The lowest BCUT2D eigenvalue weighted by molar-refractivity contribution is -0.160. The number of methoxy groups -OCH3 is 1. The molecule has 2 aromatic carbocycles. The molecule has 1 spiro atoms. The van der Waals surface area contributed by atoms with Crippen LogP contribution in [0.2, 0.25) is 10.0 Å². The zero-order valence-corrected chi connectivity index (χ0v) is 23.2. The molecule has 196 valence electrons. The van der Waals surface area contributed by atoms with E-state index in [-0.39, 0.29) is 23.9 Å². The first-order valence-corrected chi connectivity index (χ1v) is 13.1. The molecule has 1 atom stereocenters. The molecule has 0 amide bonds. The van der Waals surface area contributed by atoms with Gasteiger partial charge in [-0.1, -0.05) is 36.2 Å². The number of halogens is 2. The van der Waals surface area contributed by atoms with Crippen LogP contribution in [0.15, 0.2) is 30.3 Å². The average molecular weight is 536 g/mol. The minimum absolute atomic E-state index is 0.00106. The van der Waals surface area contributed by atoms with E-state index in [1.165, 1.54) is 5.56 Å². The first-order chi connectivity index (χ1) is 17.0. The van der Waals surface area contributed by atoms with E-state index < -0.39 is 5.60 Å². The van der Waals surface area contributed by atoms with Crippen molar-refractivity contribution in [1.29, 1.82) is 0 Å². The fourth-order valence-corrected chi connectivity index (χ4v) is 5.46. The van der Waals surface area contributed by atoms with Gasteiger partial charge in [-0.25, -0.2) is 0 Å². The zero-order valence-electron chi connectivity index (χ0n) is 21.7. The maximum Gasteiger partial charge on any atom is 0.310 e. The molecule has 0 bridgehead atoms. The summed E-state index contributed by atoms with van der Waals surface area (Å²) >= 11 is 12.7. The summed E-state index contributed by atoms with van der Waals surface area (Å²) in [5, 5.41) is 0.985. The summed E-state index contributed by atoms with van der Waals surface area (Å²) in [5.41, 5.74) is 1.45. The van der Waals surface area contributed by atoms with Crippen LogP contribution in [0.1, 0.15) is 51.7 Å². The lowest BCUT2D eigenvalue weighted by Crippen LogP contribution is -2.46. The molecule has 4 rings (SSSR count). The van der Waals surface area contributed by atoms with Crippen LogP contribution in [-0.4, -0.2) is 49.8 Å². The number of esters is 1. The van der Waals surface area contributed by atoms with Crippen LogP contribution in [0.3, 0.4) is 0 Å². The van der Waals surface area contributed by atoms with Crippen LogP contribution in [-0.2, 0) is 21.6 Å². The average Bonchev–Trinajstić information content (AvgIpc) is 3.17. The third kappa shape index (κ3) is 5.87. The highest BCUT2D eigenvalue weighted by molar-refractivity contribution is 6.36. The van der Waals surface area contributed by atoms with Gasteiger partial charge >= 0.3 is 5.97 Å². The van der Waals surface area contributed by atoms with Gasteiger partial charge in [0, 0.05) is 34.2 Å². The number of hydrogen-bond donors (Lipinski definition) is 0. The van der Waals surface area contributed by atoms with Crippen molar-refractivity contribution in [1.82, 2.24) is 4.90 Å². The van der Waals surface area contributed by atoms with E-state index >= 15 is 0 Å². The second-order valence-corrected chi connectivity index (χ2v) is 11.6. The SMILES string of the molecule is COc1ccc(Cl)c(COc2ccc3c(c2)OCC32CCN(CC(C)C(=O)OC(C)(C)C)CC2)c1Cl. The summed E-state index contributed by atoms with van der Waals surface area (Å²) in [5.74, 6) is 1.83. The van der Waals surface area contributed by atoms with Crippen LogP contribution >= 0.6 is 23.2 Å². The van der Waals surface area contributed by atoms with Gasteiger partial charge in [0.15, 0.2) is 0 Å². The van der Waals surface area contributed by atoms with Crippen LogP contribution in [0.25, 0.3) is 0 Å². The van der Waals surface area contributed by atoms with Gasteiger partial charge in [-0.3, -0.25) is 4.79 Å². The van der Waals surface area contributed by atoms with Gasteiger partial charge in [0.25, 0.3) is 0 Å². The Hall–Kier alpha value is -2.15. The number of ether oxygens (including phenoxy) is 4. The first-order valence-electron chi connectivity index (χ1n) is 12.4. The second-order valence-electron chi connectivity index (χ2n) is 10.8. The van der Waals surface area contributed by atoms with Crippen molar-refractivity contribution in [2.75, 3.05) is 33.4 Å². The third-order valence-corrected chi connectivity index (χ3v) is 7.70. The Morgan fingerprint density at radius 1 is 1.17 bits per heavy atom. The number of nitrogens with zero attached hydrogens (tertiary/aromatic N) is 1. The van der Waals surface area contributed by atoms with Crippen molar-refractivity contribution in [3.8, 4) is 17.2 Å². The quantitative estimate of drug-likeness (QED) is 0.388. The largest absolute Gasteiger partial charge is 0.495 e. The first kappa shape index (κ1) is 26.9. The fourth-order valence-electron chi connectivity index (χ4n) is 4.91. The highest BCUT2D eigenvalue weighted by Gasteiger charge is 2.43. The molecule has 1 saturated heterocycles. The van der Waals surface area contributed by atoms with Gasteiger partial charge in [0.05, 0.1) is 24.7 Å². The Morgan fingerprint density at radius 3 is 2.56 bits per heavy atom. The minimum Gasteiger partial charge on any atom is -0.495 e. The molecule has 1 unspecified atom stereocenters. The van der Waals surface area contributed by atoms with Gasteiger partial charge in [0.1, 0.15) is 29.5 Å². The Labute approximate surface area is 223 Å². The van der Waals surface area contributed by atoms with Crippen LogP contribution < -0.4 is 14.2 Å². The van der Waals surface area contributed by atoms with E-state index in [0.29, 0.717) is 40.3 Å². The van der Waals surface area contributed by atoms with Crippen LogP contribution in [0, 0.1) is 5.92 Å². The molecule has 0 saturated carbocycles. The lowest BCUT2D eigenvalue weighted by atomic mass is 9.74. The van der Waals surface area contributed by atoms with E-state index in [2.05, 4.69) is 11.0 Å². The molecular formula is C28H35Cl2NO5. The predicted octanol–water partition coefficient (Wildman–Crippen LogP) is 6.28. The number of likely N-dealkylation sites (tertiary alicyclic amines) is 1. The number of piperidine rings is 1. The highest BCUT2D eigenvalue weighted by Crippen LogP contribution is 2.47. The van der Waals surface area contributed by atoms with Crippen molar-refractivity contribution in [3.05, 3.63) is 51.5 Å². The van der Waals surface area contributed by atoms with Crippen molar-refractivity contribution < 1.29 is 23.7 Å². The van der Waals surface area contributed by atoms with Crippen molar-refractivity contribution in [2.24, 2.45) is 5.92 Å². The molecule has 1 fully saturated rings. The molecule has 2 aliphatic heterocycles. The molecule has 2 aromatic rings. The van der Waals surface area contributed by atoms with E-state index in [0.717, 1.165) is 31.7 Å². The number of rotatable bonds is 7. The fraction of sp³-hybridized carbons (Fsp3) is 0.536. The van der Waals surface area contributed by atoms with Crippen LogP contribution in [0.4, 0.5) is 0 Å². The van der Waals surface area contributed by atoms with Gasteiger partial charge in [-0.2, -0.15) is 0 Å². The molecule has 0 aliphatic carbocycles. The molecule has 2 aliphatic rings. The Bertz CT molecular complexity index is 1110. The van der Waals surface area contributed by atoms with E-state index in [4.69, 9.17) is 42.1 Å². The van der Waals surface area contributed by atoms with E-state index in [1.807, 2.05) is 39.8 Å². The topological polar surface area (TPSA) is 57.2 Å². The zero-order chi connectivity index (χ0) is 26.1. The highest BCUT2D eigenvalue weighted by atomic mass is 35.5. The van der Waals surface area contributed by atoms with Gasteiger partial charge in [0.2, 0.25) is 0 Å². The molecular weight excluding hydrogens is 501 g/mol. The van der Waals surface area contributed by atoms with E-state index in [1.54, 1.807) is 19.2 Å². The number of benzene rings is 2. The van der Waals surface area contributed by atoms with Crippen LogP contribution in [0.5, 0.6) is 17.2 Å². The number of fused-ring (bicyclic) bond motifs is 2. The molecule has 0 N–H and O–H groups in total. The van der Waals surface area contributed by atoms with Crippen molar-refractivity contribution >= 4 is 29.2 Å². The molecule has 8 heteroatoms. The maximum atomic E-state index is 12.4. The van der Waals surface area contributed by atoms with Crippen molar-refractivity contribution in [3.63, 3.8) is 0 Å². The number of carbonyl (C=O) groups excluding carboxylic acids is 1. The summed E-state index contributed by atoms with van der Waals surface area (Å²) in [7, 11) is 1.57. The summed E-state index contributed by atoms with van der Waals surface area (Å²) in [6.07, 6.45) is 1.96. The standard InChI is InChI=1S/C28H35Cl2NO5/c1-18(26(32)36-27(2,3)4)15-31-12-10-28(11-13-31)17-35-24-14-19(6-7-21(24)28)34-16-20-22(29)8-9-23(33-5)25(20)30/h6-9,14,18H,10-13,15-17H2,1-5H3. The maximum absolute atomic E-state index is 12.4. The molecule has 36 heavy (non-hydrogen) atoms. The third-order valence-electron chi connectivity index (χ3n) is 6.94. The Balaban J connectivity index is 1.36. The smallest absolute Gasteiger partial charge is 0.310 e. The van der Waals surface area contributed by atoms with Gasteiger partial charge in [-0.05, 0) is 64.9 Å². The summed E-state index contributed by atoms with van der Waals surface area (Å²) in [6, 6.07) is 9.53. The Kier molecular flexibility index (Phi) is 7.98. The van der Waals surface area contributed by atoms with Gasteiger partial charge < -0.3 is 23.8 Å². The van der Waals surface area contributed by atoms with E-state index in [9.17, 15) is 4.79 Å². The number of hydrogen-bond acceptors (Lipinski definition) is 6. The van der Waals surface area contributed by atoms with Gasteiger partial charge in [-0.15, -0.1) is 0 Å². The molecule has 0 radical (unpaired) electrons. The lowest BCUT2D eigenvalue weighted by Gasteiger charge is -2.39. The minimum atomic E-state index is -0.461. The molecule has 6 nitrogen and oxygen atoms in total. The summed E-state index contributed by atoms with van der Waals surface area (Å²) in [6.45, 7) is 11.1. The normalized spacial score (nSPS) is 17.9. The predicted molar refractivity (Wildman–Crippen MR) is 142 cm³/mol. The summed E-state index contributed by atoms with van der Waals surface area (Å²) in [4.78, 5) is 14.7. The molecule has 2 heterocycles. The Morgan fingerprint density at radius 2 is 1.89 bits per heavy atom. The number of carbonyl (C=O) groups is 1.